The summed E-state index contributed by atoms with van der Waals surface area (Å²) < 4.78 is 13.2. The number of likely N-dealkylation sites (tertiary alicyclic amines) is 1. The van der Waals surface area contributed by atoms with Gasteiger partial charge in [-0.05, 0) is 19.3 Å². The maximum Gasteiger partial charge on any atom is 0.314 e. The molecule has 0 aromatic carbocycles. The van der Waals surface area contributed by atoms with Crippen LogP contribution in [0.1, 0.15) is 19.3 Å². The summed E-state index contributed by atoms with van der Waals surface area (Å²) in [6.07, 6.45) is 1.90. The first-order valence-corrected chi connectivity index (χ1v) is 5.09. The van der Waals surface area contributed by atoms with Crippen molar-refractivity contribution in [3.05, 3.63) is 0 Å². The fourth-order valence-corrected chi connectivity index (χ4v) is 1.92. The molecular weight excluding hydrogens is 185 g/mol. The van der Waals surface area contributed by atoms with Crippen LogP contribution in [0.25, 0.3) is 0 Å². The number of hydrogen-bond acceptors (Lipinski definition) is 2. The molecule has 2 rings (SSSR count). The van der Waals surface area contributed by atoms with E-state index in [0.29, 0.717) is 19.0 Å². The van der Waals surface area contributed by atoms with Gasteiger partial charge in [-0.15, -0.1) is 0 Å². The Kier molecular flexibility index (Phi) is 2.58. The highest BCUT2D eigenvalue weighted by molar-refractivity contribution is 5.72. The molecule has 4 nitrogen and oxygen atoms in total. The minimum atomic E-state index is -0.938. The molecule has 1 aliphatic carbocycles. The number of carbonyl (C=O) groups excluding carboxylic acids is 1. The predicted molar refractivity (Wildman–Crippen MR) is 50.6 cm³/mol. The van der Waals surface area contributed by atoms with Gasteiger partial charge in [0.25, 0.3) is 0 Å². The Morgan fingerprint density at radius 3 is 2.64 bits per heavy atom. The number of alkyl halides is 1. The summed E-state index contributed by atoms with van der Waals surface area (Å²) in [7, 11) is 0. The predicted octanol–water partition coefficient (Wildman–Crippen LogP) is 0.230. The van der Waals surface area contributed by atoms with Crippen LogP contribution >= 0.6 is 0 Å². The Balaban J connectivity index is 1.87. The molecule has 80 valence electrons. The SMILES string of the molecule is NC(=O)N1C[C@@H](F)C[C@@H](NC2CC2)C1. The molecule has 0 unspecified atom stereocenters. The Morgan fingerprint density at radius 1 is 1.36 bits per heavy atom. The van der Waals surface area contributed by atoms with E-state index in [4.69, 9.17) is 5.73 Å². The highest BCUT2D eigenvalue weighted by Crippen LogP contribution is 2.22. The second kappa shape index (κ2) is 3.73. The van der Waals surface area contributed by atoms with Gasteiger partial charge < -0.3 is 16.0 Å². The molecule has 1 saturated heterocycles. The molecule has 1 aliphatic heterocycles. The molecular formula is C9H16FN3O. The van der Waals surface area contributed by atoms with Crippen molar-refractivity contribution in [3.8, 4) is 0 Å². The van der Waals surface area contributed by atoms with Gasteiger partial charge in [-0.25, -0.2) is 9.18 Å². The Hall–Kier alpha value is -0.840. The van der Waals surface area contributed by atoms with Gasteiger partial charge in [-0.2, -0.15) is 0 Å². The van der Waals surface area contributed by atoms with E-state index in [1.54, 1.807) is 0 Å². The second-order valence-electron chi connectivity index (χ2n) is 4.21. The summed E-state index contributed by atoms with van der Waals surface area (Å²) >= 11 is 0. The number of nitrogens with two attached hydrogens (primary N) is 1. The van der Waals surface area contributed by atoms with Gasteiger partial charge in [0.15, 0.2) is 0 Å². The van der Waals surface area contributed by atoms with Gasteiger partial charge in [0.2, 0.25) is 0 Å². The first-order valence-electron chi connectivity index (χ1n) is 5.09. The standard InChI is InChI=1S/C9H16FN3O/c10-6-3-8(12-7-1-2-7)5-13(4-6)9(11)14/h6-8,12H,1-5H2,(H2,11,14)/t6-,8+/m0/s1. The van der Waals surface area contributed by atoms with E-state index in [-0.39, 0.29) is 12.6 Å². The lowest BCUT2D eigenvalue weighted by molar-refractivity contribution is 0.127. The number of nitrogens with zero attached hydrogens (tertiary/aromatic N) is 1. The van der Waals surface area contributed by atoms with Crippen LogP contribution < -0.4 is 11.1 Å². The average molecular weight is 201 g/mol. The first kappa shape index (κ1) is 9.71. The van der Waals surface area contributed by atoms with Crippen LogP contribution in [0, 0.1) is 0 Å². The number of amides is 2. The van der Waals surface area contributed by atoms with Crippen molar-refractivity contribution in [2.75, 3.05) is 13.1 Å². The molecule has 2 aliphatic rings. The number of piperidine rings is 1. The number of nitrogens with one attached hydrogen (secondary N) is 1. The molecule has 0 spiro atoms. The highest BCUT2D eigenvalue weighted by atomic mass is 19.1. The van der Waals surface area contributed by atoms with E-state index in [0.717, 1.165) is 0 Å². The van der Waals surface area contributed by atoms with E-state index < -0.39 is 12.2 Å². The number of hydrogen-bond donors (Lipinski definition) is 2. The van der Waals surface area contributed by atoms with E-state index in [9.17, 15) is 9.18 Å². The van der Waals surface area contributed by atoms with Crippen molar-refractivity contribution in [2.24, 2.45) is 5.73 Å². The average Bonchev–Trinajstić information content (AvgIpc) is 2.87. The first-order chi connectivity index (χ1) is 6.65. The number of halogens is 1. The van der Waals surface area contributed by atoms with Gasteiger partial charge in [-0.1, -0.05) is 0 Å². The van der Waals surface area contributed by atoms with Crippen molar-refractivity contribution in [1.29, 1.82) is 0 Å². The molecule has 0 aromatic heterocycles. The Bertz CT molecular complexity index is 230. The number of primary amides is 1. The van der Waals surface area contributed by atoms with Crippen molar-refractivity contribution >= 4 is 6.03 Å². The second-order valence-corrected chi connectivity index (χ2v) is 4.21. The summed E-state index contributed by atoms with van der Waals surface area (Å²) in [6, 6.07) is 0.105. The normalized spacial score (nSPS) is 33.1. The lowest BCUT2D eigenvalue weighted by atomic mass is 10.0. The topological polar surface area (TPSA) is 58.4 Å². The monoisotopic (exact) mass is 201 g/mol. The summed E-state index contributed by atoms with van der Waals surface area (Å²) in [5, 5.41) is 3.32. The number of carbonyl (C=O) groups is 1. The molecule has 2 atom stereocenters. The molecule has 0 aromatic rings. The van der Waals surface area contributed by atoms with Crippen LogP contribution in [-0.4, -0.2) is 42.3 Å². The molecule has 14 heavy (non-hydrogen) atoms. The number of urea groups is 1. The molecule has 1 saturated carbocycles. The lowest BCUT2D eigenvalue weighted by Gasteiger charge is -2.34. The fourth-order valence-electron chi connectivity index (χ4n) is 1.92. The van der Waals surface area contributed by atoms with Crippen LogP contribution in [0.2, 0.25) is 0 Å². The maximum atomic E-state index is 13.2. The van der Waals surface area contributed by atoms with Crippen molar-refractivity contribution in [3.63, 3.8) is 0 Å². The Morgan fingerprint density at radius 2 is 2.07 bits per heavy atom. The van der Waals surface area contributed by atoms with E-state index in [2.05, 4.69) is 5.32 Å². The van der Waals surface area contributed by atoms with E-state index in [1.807, 2.05) is 0 Å². The minimum absolute atomic E-state index is 0.0822. The number of rotatable bonds is 2. The molecule has 0 bridgehead atoms. The van der Waals surface area contributed by atoms with E-state index in [1.165, 1.54) is 17.7 Å². The molecule has 0 radical (unpaired) electrons. The van der Waals surface area contributed by atoms with E-state index >= 15 is 0 Å². The molecule has 5 heteroatoms. The quantitative estimate of drug-likeness (QED) is 0.672. The van der Waals surface area contributed by atoms with Crippen LogP contribution in [0.15, 0.2) is 0 Å². The smallest absolute Gasteiger partial charge is 0.314 e. The van der Waals surface area contributed by atoms with Crippen LogP contribution in [0.4, 0.5) is 9.18 Å². The zero-order valence-electron chi connectivity index (χ0n) is 8.08. The summed E-state index contributed by atoms with van der Waals surface area (Å²) in [4.78, 5) is 12.3. The van der Waals surface area contributed by atoms with Crippen molar-refractivity contribution in [2.45, 2.75) is 37.5 Å². The summed E-state index contributed by atoms with van der Waals surface area (Å²) in [5.41, 5.74) is 5.13. The van der Waals surface area contributed by atoms with Crippen molar-refractivity contribution in [1.82, 2.24) is 10.2 Å². The summed E-state index contributed by atoms with van der Waals surface area (Å²) in [5.74, 6) is 0. The fraction of sp³-hybridized carbons (Fsp3) is 0.889. The zero-order valence-corrected chi connectivity index (χ0v) is 8.08. The zero-order chi connectivity index (χ0) is 10.1. The van der Waals surface area contributed by atoms with Gasteiger partial charge >= 0.3 is 6.03 Å². The lowest BCUT2D eigenvalue weighted by Crippen LogP contribution is -2.53. The summed E-state index contributed by atoms with van der Waals surface area (Å²) in [6.45, 7) is 0.699. The van der Waals surface area contributed by atoms with Gasteiger partial charge in [0, 0.05) is 18.6 Å². The third kappa shape index (κ3) is 2.35. The molecule has 3 N–H and O–H groups in total. The van der Waals surface area contributed by atoms with Crippen molar-refractivity contribution < 1.29 is 9.18 Å². The largest absolute Gasteiger partial charge is 0.351 e. The van der Waals surface area contributed by atoms with Gasteiger partial charge in [-0.3, -0.25) is 0 Å². The van der Waals surface area contributed by atoms with Gasteiger partial charge in [0.05, 0.1) is 6.54 Å². The maximum absolute atomic E-state index is 13.2. The van der Waals surface area contributed by atoms with Gasteiger partial charge in [0.1, 0.15) is 6.17 Å². The minimum Gasteiger partial charge on any atom is -0.351 e. The third-order valence-corrected chi connectivity index (χ3v) is 2.76. The highest BCUT2D eigenvalue weighted by Gasteiger charge is 2.32. The van der Waals surface area contributed by atoms with Crippen LogP contribution in [0.5, 0.6) is 0 Å². The Labute approximate surface area is 82.6 Å². The molecule has 2 fully saturated rings. The molecule has 1 heterocycles. The third-order valence-electron chi connectivity index (χ3n) is 2.76. The van der Waals surface area contributed by atoms with Crippen LogP contribution in [-0.2, 0) is 0 Å². The van der Waals surface area contributed by atoms with Crippen LogP contribution in [0.3, 0.4) is 0 Å². The molecule has 2 amide bonds.